The van der Waals surface area contributed by atoms with Gasteiger partial charge >= 0.3 is 0 Å². The van der Waals surface area contributed by atoms with E-state index in [0.717, 1.165) is 23.5 Å². The van der Waals surface area contributed by atoms with Gasteiger partial charge in [0.25, 0.3) is 0 Å². The van der Waals surface area contributed by atoms with E-state index in [1.807, 2.05) is 4.68 Å². The molecule has 2 aromatic rings. The molecule has 0 atom stereocenters. The van der Waals surface area contributed by atoms with Gasteiger partial charge in [0.1, 0.15) is 11.5 Å². The smallest absolute Gasteiger partial charge is 0.123 e. The fourth-order valence-corrected chi connectivity index (χ4v) is 1.88. The van der Waals surface area contributed by atoms with Crippen LogP contribution in [0.5, 0.6) is 0 Å². The molecule has 0 aliphatic heterocycles. The predicted octanol–water partition coefficient (Wildman–Crippen LogP) is 2.20. The van der Waals surface area contributed by atoms with Crippen molar-refractivity contribution < 1.29 is 4.39 Å². The summed E-state index contributed by atoms with van der Waals surface area (Å²) in [5, 5.41) is 8.20. The number of hydrogen-bond acceptors (Lipinski definition) is 3. The molecule has 1 aromatic heterocycles. The number of rotatable bonds is 4. The van der Waals surface area contributed by atoms with Crippen molar-refractivity contribution in [3.63, 3.8) is 0 Å². The van der Waals surface area contributed by atoms with E-state index in [9.17, 15) is 4.39 Å². The average molecular weight is 248 g/mol. The number of halogens is 1. The van der Waals surface area contributed by atoms with E-state index in [1.165, 1.54) is 12.1 Å². The highest BCUT2D eigenvalue weighted by Crippen LogP contribution is 2.23. The Morgan fingerprint density at radius 1 is 1.28 bits per heavy atom. The number of benzene rings is 1. The minimum atomic E-state index is -0.254. The first kappa shape index (κ1) is 12.7. The van der Waals surface area contributed by atoms with Crippen LogP contribution in [-0.2, 0) is 13.1 Å². The average Bonchev–Trinajstić information content (AvgIpc) is 2.72. The number of nitrogens with two attached hydrogens (primary N) is 1. The molecule has 18 heavy (non-hydrogen) atoms. The molecule has 2 rings (SSSR count). The molecule has 1 aromatic carbocycles. The summed E-state index contributed by atoms with van der Waals surface area (Å²) >= 11 is 0. The fraction of sp³-hybridized carbons (Fsp3) is 0.385. The zero-order chi connectivity index (χ0) is 13.1. The Kier molecular flexibility index (Phi) is 3.72. The molecule has 96 valence electrons. The Balaban J connectivity index is 2.46. The van der Waals surface area contributed by atoms with E-state index in [0.29, 0.717) is 12.5 Å². The molecule has 0 fully saturated rings. The third-order valence-electron chi connectivity index (χ3n) is 2.65. The molecular formula is C13H17FN4. The second-order valence-electron chi connectivity index (χ2n) is 4.67. The SMILES string of the molecule is CC(C)Cn1nnc(CN)c1-c1ccc(F)cc1. The molecule has 4 nitrogen and oxygen atoms in total. The Morgan fingerprint density at radius 3 is 2.50 bits per heavy atom. The van der Waals surface area contributed by atoms with Crippen LogP contribution in [0.25, 0.3) is 11.3 Å². The number of nitrogens with zero attached hydrogens (tertiary/aromatic N) is 3. The first-order valence-corrected chi connectivity index (χ1v) is 6.00. The maximum absolute atomic E-state index is 13.0. The molecule has 0 saturated carbocycles. The van der Waals surface area contributed by atoms with E-state index in [2.05, 4.69) is 24.2 Å². The summed E-state index contributed by atoms with van der Waals surface area (Å²) in [6, 6.07) is 6.32. The summed E-state index contributed by atoms with van der Waals surface area (Å²) in [4.78, 5) is 0. The summed E-state index contributed by atoms with van der Waals surface area (Å²) in [5.74, 6) is 0.201. The number of aromatic nitrogens is 3. The molecule has 5 heteroatoms. The van der Waals surface area contributed by atoms with Gasteiger partial charge in [-0.05, 0) is 30.2 Å². The van der Waals surface area contributed by atoms with Crippen molar-refractivity contribution in [3.8, 4) is 11.3 Å². The van der Waals surface area contributed by atoms with Gasteiger partial charge in [-0.1, -0.05) is 19.1 Å². The lowest BCUT2D eigenvalue weighted by atomic mass is 10.1. The maximum Gasteiger partial charge on any atom is 0.123 e. The molecule has 0 bridgehead atoms. The van der Waals surface area contributed by atoms with E-state index in [-0.39, 0.29) is 5.82 Å². The third kappa shape index (κ3) is 2.56. The number of hydrogen-bond donors (Lipinski definition) is 1. The normalized spacial score (nSPS) is 11.2. The van der Waals surface area contributed by atoms with E-state index >= 15 is 0 Å². The van der Waals surface area contributed by atoms with Crippen molar-refractivity contribution in [2.24, 2.45) is 11.7 Å². The molecule has 0 spiro atoms. The summed E-state index contributed by atoms with van der Waals surface area (Å²) in [6.07, 6.45) is 0. The molecule has 0 radical (unpaired) electrons. The second kappa shape index (κ2) is 5.27. The van der Waals surface area contributed by atoms with Crippen LogP contribution in [0.3, 0.4) is 0 Å². The molecule has 0 unspecified atom stereocenters. The summed E-state index contributed by atoms with van der Waals surface area (Å²) in [7, 11) is 0. The Morgan fingerprint density at radius 2 is 1.94 bits per heavy atom. The van der Waals surface area contributed by atoms with Crippen LogP contribution in [0.4, 0.5) is 4.39 Å². The molecule has 0 saturated heterocycles. The van der Waals surface area contributed by atoms with Crippen molar-refractivity contribution in [1.82, 2.24) is 15.0 Å². The van der Waals surface area contributed by atoms with Crippen LogP contribution in [0.15, 0.2) is 24.3 Å². The van der Waals surface area contributed by atoms with Crippen LogP contribution < -0.4 is 5.73 Å². The van der Waals surface area contributed by atoms with Gasteiger partial charge in [0.15, 0.2) is 0 Å². The van der Waals surface area contributed by atoms with Crippen LogP contribution in [0.1, 0.15) is 19.5 Å². The predicted molar refractivity (Wildman–Crippen MR) is 68.1 cm³/mol. The van der Waals surface area contributed by atoms with Gasteiger partial charge in [-0.3, -0.25) is 0 Å². The maximum atomic E-state index is 13.0. The van der Waals surface area contributed by atoms with E-state index < -0.39 is 0 Å². The molecule has 0 aliphatic rings. The van der Waals surface area contributed by atoms with Crippen LogP contribution >= 0.6 is 0 Å². The van der Waals surface area contributed by atoms with Crippen LogP contribution in [0.2, 0.25) is 0 Å². The Labute approximate surface area is 106 Å². The second-order valence-corrected chi connectivity index (χ2v) is 4.67. The monoisotopic (exact) mass is 248 g/mol. The Hall–Kier alpha value is -1.75. The minimum absolute atomic E-state index is 0.254. The van der Waals surface area contributed by atoms with Gasteiger partial charge in [0.2, 0.25) is 0 Å². The van der Waals surface area contributed by atoms with Gasteiger partial charge < -0.3 is 5.73 Å². The van der Waals surface area contributed by atoms with Gasteiger partial charge in [-0.2, -0.15) is 0 Å². The van der Waals surface area contributed by atoms with Gasteiger partial charge in [0.05, 0.1) is 5.69 Å². The van der Waals surface area contributed by atoms with Crippen molar-refractivity contribution >= 4 is 0 Å². The largest absolute Gasteiger partial charge is 0.325 e. The van der Waals surface area contributed by atoms with Gasteiger partial charge in [0, 0.05) is 18.7 Å². The molecule has 1 heterocycles. The Bertz CT molecular complexity index is 516. The van der Waals surface area contributed by atoms with Crippen molar-refractivity contribution in [2.75, 3.05) is 0 Å². The van der Waals surface area contributed by atoms with Crippen LogP contribution in [0, 0.1) is 11.7 Å². The first-order valence-electron chi connectivity index (χ1n) is 6.00. The fourth-order valence-electron chi connectivity index (χ4n) is 1.88. The third-order valence-corrected chi connectivity index (χ3v) is 2.65. The lowest BCUT2D eigenvalue weighted by molar-refractivity contribution is 0.475. The standard InChI is InChI=1S/C13H17FN4/c1-9(2)8-18-13(12(7-15)16-17-18)10-3-5-11(14)6-4-10/h3-6,9H,7-8,15H2,1-2H3. The van der Waals surface area contributed by atoms with Gasteiger partial charge in [-0.15, -0.1) is 5.10 Å². The summed E-state index contributed by atoms with van der Waals surface area (Å²) in [5.41, 5.74) is 8.18. The molecule has 2 N–H and O–H groups in total. The summed E-state index contributed by atoms with van der Waals surface area (Å²) in [6.45, 7) is 5.31. The lowest BCUT2D eigenvalue weighted by Crippen LogP contribution is -2.08. The molecular weight excluding hydrogens is 231 g/mol. The highest BCUT2D eigenvalue weighted by atomic mass is 19.1. The topological polar surface area (TPSA) is 56.7 Å². The van der Waals surface area contributed by atoms with E-state index in [1.54, 1.807) is 12.1 Å². The summed E-state index contributed by atoms with van der Waals surface area (Å²) < 4.78 is 14.8. The van der Waals surface area contributed by atoms with Crippen molar-refractivity contribution in [3.05, 3.63) is 35.8 Å². The first-order chi connectivity index (χ1) is 8.61. The quantitative estimate of drug-likeness (QED) is 0.902. The van der Waals surface area contributed by atoms with E-state index in [4.69, 9.17) is 5.73 Å². The highest BCUT2D eigenvalue weighted by molar-refractivity contribution is 5.61. The lowest BCUT2D eigenvalue weighted by Gasteiger charge is -2.10. The highest BCUT2D eigenvalue weighted by Gasteiger charge is 2.14. The van der Waals surface area contributed by atoms with Crippen LogP contribution in [-0.4, -0.2) is 15.0 Å². The molecule has 0 aliphatic carbocycles. The zero-order valence-corrected chi connectivity index (χ0v) is 10.6. The minimum Gasteiger partial charge on any atom is -0.325 e. The zero-order valence-electron chi connectivity index (χ0n) is 10.6. The van der Waals surface area contributed by atoms with Crippen molar-refractivity contribution in [2.45, 2.75) is 26.9 Å². The molecule has 0 amide bonds. The van der Waals surface area contributed by atoms with Gasteiger partial charge in [-0.25, -0.2) is 9.07 Å². The van der Waals surface area contributed by atoms with Crippen molar-refractivity contribution in [1.29, 1.82) is 0 Å².